The summed E-state index contributed by atoms with van der Waals surface area (Å²) < 4.78 is 62.1. The van der Waals surface area contributed by atoms with Gasteiger partial charge in [-0.3, -0.25) is 37.3 Å². The first-order valence-corrected chi connectivity index (χ1v) is 23.3. The number of amides is 2. The number of imidazole rings is 1. The lowest BCUT2D eigenvalue weighted by atomic mass is 9.87. The highest BCUT2D eigenvalue weighted by Crippen LogP contribution is 2.61. The molecule has 29 heteroatoms. The predicted octanol–water partition coefficient (Wildman–Crippen LogP) is 0.306. The van der Waals surface area contributed by atoms with Crippen molar-refractivity contribution in [2.45, 2.75) is 84.5 Å². The van der Waals surface area contributed by atoms with Gasteiger partial charge in [0.15, 0.2) is 22.8 Å². The summed E-state index contributed by atoms with van der Waals surface area (Å²) in [6.07, 6.45) is -6.04. The van der Waals surface area contributed by atoms with Gasteiger partial charge in [0.1, 0.15) is 42.0 Å². The van der Waals surface area contributed by atoms with Crippen molar-refractivity contribution in [2.75, 3.05) is 37.8 Å². The molecule has 2 unspecified atom stereocenters. The molecule has 0 radical (unpaired) electrons. The molecule has 8 atom stereocenters. The fourth-order valence-electron chi connectivity index (χ4n) is 5.19. The zero-order chi connectivity index (χ0) is 44.5. The van der Waals surface area contributed by atoms with Crippen molar-refractivity contribution in [1.82, 2.24) is 30.2 Å². The number of anilines is 1. The quantitative estimate of drug-likeness (QED) is 0.0388. The number of hydrogen-bond acceptors (Lipinski definition) is 19. The Hall–Kier alpha value is -2.77. The van der Waals surface area contributed by atoms with E-state index in [1.807, 2.05) is 13.8 Å². The van der Waals surface area contributed by atoms with Gasteiger partial charge in [-0.05, 0) is 19.3 Å². The summed E-state index contributed by atoms with van der Waals surface area (Å²) in [5.41, 5.74) is 4.23. The molecule has 2 aromatic rings. The number of fused-ring (bicyclic) bond motifs is 1. The minimum absolute atomic E-state index is 0.0243. The zero-order valence-corrected chi connectivity index (χ0v) is 36.1. The topological polar surface area (TPSA) is 381 Å². The molecule has 0 spiro atoms. The van der Waals surface area contributed by atoms with Crippen LogP contribution in [0.2, 0.25) is 0 Å². The van der Waals surface area contributed by atoms with E-state index in [4.69, 9.17) is 19.5 Å². The number of rotatable bonds is 24. The van der Waals surface area contributed by atoms with Crippen molar-refractivity contribution < 1.29 is 85.3 Å². The minimum atomic E-state index is -5.59. The number of phosphoric ester groups is 3. The Balaban J connectivity index is 1.46. The van der Waals surface area contributed by atoms with Gasteiger partial charge in [0, 0.05) is 37.1 Å². The van der Waals surface area contributed by atoms with Crippen molar-refractivity contribution in [3.05, 3.63) is 12.7 Å². The highest BCUT2D eigenvalue weighted by atomic mass is 32.2. The van der Waals surface area contributed by atoms with E-state index < -0.39 is 90.5 Å². The summed E-state index contributed by atoms with van der Waals surface area (Å²) in [5.74, 6) is -1.89. The lowest BCUT2D eigenvalue weighted by Crippen LogP contribution is -2.46. The van der Waals surface area contributed by atoms with Crippen molar-refractivity contribution >= 4 is 74.9 Å². The Morgan fingerprint density at radius 1 is 1.00 bits per heavy atom. The van der Waals surface area contributed by atoms with Gasteiger partial charge in [-0.1, -0.05) is 39.5 Å². The fourth-order valence-corrected chi connectivity index (χ4v) is 8.80. The third-order valence-electron chi connectivity index (χ3n) is 8.55. The first kappa shape index (κ1) is 50.6. The predicted molar refractivity (Wildman–Crippen MR) is 205 cm³/mol. The minimum Gasteiger partial charge on any atom is -0.386 e. The van der Waals surface area contributed by atoms with Crippen LogP contribution in [-0.4, -0.2) is 128 Å². The second kappa shape index (κ2) is 21.3. The van der Waals surface area contributed by atoms with E-state index in [0.29, 0.717) is 18.8 Å². The maximum atomic E-state index is 12.7. The van der Waals surface area contributed by atoms with E-state index in [1.165, 1.54) is 13.8 Å². The van der Waals surface area contributed by atoms with E-state index >= 15 is 0 Å². The van der Waals surface area contributed by atoms with E-state index in [-0.39, 0.29) is 53.1 Å². The maximum absolute atomic E-state index is 12.7. The molecule has 25 nitrogen and oxygen atoms in total. The second-order valence-corrected chi connectivity index (χ2v) is 19.7. The average molecular weight is 922 g/mol. The number of aliphatic hydroxyl groups excluding tert-OH is 2. The maximum Gasteiger partial charge on any atom is 0.481 e. The van der Waals surface area contributed by atoms with Gasteiger partial charge in [0.25, 0.3) is 0 Å². The second-order valence-electron chi connectivity index (χ2n) is 14.4. The molecule has 0 aromatic carbocycles. The van der Waals surface area contributed by atoms with Crippen LogP contribution in [0.25, 0.3) is 11.2 Å². The van der Waals surface area contributed by atoms with Gasteiger partial charge >= 0.3 is 23.5 Å². The van der Waals surface area contributed by atoms with Crippen molar-refractivity contribution in [1.29, 1.82) is 0 Å². The van der Waals surface area contributed by atoms with Crippen molar-refractivity contribution in [3.8, 4) is 0 Å². The van der Waals surface area contributed by atoms with E-state index in [9.17, 15) is 62.7 Å². The average Bonchev–Trinajstić information content (AvgIpc) is 3.69. The molecule has 334 valence electrons. The van der Waals surface area contributed by atoms with Crippen LogP contribution in [0.5, 0.6) is 0 Å². The number of nitrogens with one attached hydrogen (secondary N) is 2. The molecule has 10 N–H and O–H groups in total. The van der Waals surface area contributed by atoms with Crippen LogP contribution in [0.4, 0.5) is 5.82 Å². The van der Waals surface area contributed by atoms with Crippen LogP contribution in [0.1, 0.15) is 60.1 Å². The van der Waals surface area contributed by atoms with Gasteiger partial charge < -0.3 is 50.9 Å². The highest BCUT2D eigenvalue weighted by molar-refractivity contribution is 8.13. The van der Waals surface area contributed by atoms with Gasteiger partial charge in [0.05, 0.1) is 25.5 Å². The number of aromatic nitrogens is 4. The molecule has 1 fully saturated rings. The van der Waals surface area contributed by atoms with Crippen LogP contribution in [-0.2, 0) is 55.5 Å². The van der Waals surface area contributed by atoms with E-state index in [2.05, 4.69) is 34.4 Å². The van der Waals surface area contributed by atoms with Gasteiger partial charge in [-0.2, -0.15) is 4.31 Å². The molecule has 3 heterocycles. The number of phosphoric acid groups is 3. The first-order valence-electron chi connectivity index (χ1n) is 17.8. The molecular weight excluding hydrogens is 871 g/mol. The van der Waals surface area contributed by atoms with E-state index in [0.717, 1.165) is 29.0 Å². The Labute approximate surface area is 341 Å². The van der Waals surface area contributed by atoms with Gasteiger partial charge in [0.2, 0.25) is 11.8 Å². The number of Topliss-reactive ketones (excluding diaryl/α,β-unsaturated/α-hetero) is 1. The highest BCUT2D eigenvalue weighted by Gasteiger charge is 2.50. The third-order valence-corrected chi connectivity index (χ3v) is 12.7. The molecule has 1 aliphatic heterocycles. The Bertz CT molecular complexity index is 1950. The molecule has 1 aliphatic rings. The monoisotopic (exact) mass is 921 g/mol. The smallest absolute Gasteiger partial charge is 0.386 e. The summed E-state index contributed by atoms with van der Waals surface area (Å²) in [4.78, 5) is 100. The fraction of sp³-hybridized carbons (Fsp3) is 0.700. The standard InChI is InChI=1S/C30H50N7O18P3S/c1-16(2)6-7-18(38)17(3)29(43)59-11-10-32-20(39)8-9-33-27(42)24(41)30(4,5)13-52-58(49,50)55-57(47,48)51-12-19-23(54-56(44,45)46)22(40)28(53-19)37-15-36-21-25(31)34-14-35-26(21)37/h14-17,19,22-24,28,40-41H,6-13H2,1-5H3,(H,32,39)(H,33,42)(H,47,48)(H,49,50)(H2,31,34,35)(H2,44,45,46)/t17-,19+,22-,23-,24-,28+/m1/s1. The van der Waals surface area contributed by atoms with Gasteiger partial charge in [-0.25, -0.2) is 28.6 Å². The normalized spacial score (nSPS) is 21.8. The number of carbonyl (C=O) groups is 4. The van der Waals surface area contributed by atoms with Crippen molar-refractivity contribution in [3.63, 3.8) is 0 Å². The number of thioether (sulfide) groups is 1. The Kier molecular flexibility index (Phi) is 18.3. The van der Waals surface area contributed by atoms with Crippen LogP contribution in [0, 0.1) is 17.3 Å². The summed E-state index contributed by atoms with van der Waals surface area (Å²) in [5, 5.41) is 26.1. The van der Waals surface area contributed by atoms with E-state index in [1.54, 1.807) is 6.92 Å². The van der Waals surface area contributed by atoms with Crippen LogP contribution >= 0.6 is 35.2 Å². The SMILES string of the molecule is CC(C)CCC(=O)[C@@H](C)C(=O)SCCNC(=O)CCNC(=O)[C@@H](O)C(C)(C)COP(=O)(O)OP(=O)(O)OC[C@@H]1O[C@H](n2cnc3c(N)ncnc32)[C@H](O)[C@@H]1OP(=O)(O)O. The lowest BCUT2D eigenvalue weighted by Gasteiger charge is -2.30. The molecule has 0 aliphatic carbocycles. The molecule has 1 saturated heterocycles. The number of nitrogens with zero attached hydrogens (tertiary/aromatic N) is 4. The van der Waals surface area contributed by atoms with Crippen molar-refractivity contribution in [2.24, 2.45) is 17.3 Å². The number of aliphatic hydroxyl groups is 2. The molecule has 3 rings (SSSR count). The van der Waals surface area contributed by atoms with Crippen LogP contribution in [0.3, 0.4) is 0 Å². The third kappa shape index (κ3) is 15.6. The number of nitrogen functional groups attached to an aromatic ring is 1. The number of hydrogen-bond donors (Lipinski definition) is 9. The number of ketones is 1. The summed E-state index contributed by atoms with van der Waals surface area (Å²) in [7, 11) is -16.4. The first-order chi connectivity index (χ1) is 27.2. The summed E-state index contributed by atoms with van der Waals surface area (Å²) >= 11 is 0.920. The molecule has 0 bridgehead atoms. The summed E-state index contributed by atoms with van der Waals surface area (Å²) in [6, 6.07) is 0. The Morgan fingerprint density at radius 3 is 2.31 bits per heavy atom. The molecule has 2 aromatic heterocycles. The lowest BCUT2D eigenvalue weighted by molar-refractivity contribution is -0.137. The molecule has 2 amide bonds. The van der Waals surface area contributed by atoms with Crippen LogP contribution in [0.15, 0.2) is 12.7 Å². The molecule has 59 heavy (non-hydrogen) atoms. The number of nitrogens with two attached hydrogens (primary N) is 1. The molecule has 0 saturated carbocycles. The number of carbonyl (C=O) groups excluding carboxylic acids is 4. The largest absolute Gasteiger partial charge is 0.481 e. The summed E-state index contributed by atoms with van der Waals surface area (Å²) in [6.45, 7) is 5.81. The zero-order valence-electron chi connectivity index (χ0n) is 32.6. The van der Waals surface area contributed by atoms with Crippen LogP contribution < -0.4 is 16.4 Å². The Morgan fingerprint density at radius 2 is 1.66 bits per heavy atom. The number of ether oxygens (including phenoxy) is 1. The van der Waals surface area contributed by atoms with Gasteiger partial charge in [-0.15, -0.1) is 0 Å². The molecular formula is C30H50N7O18P3S.